The second-order valence-electron chi connectivity index (χ2n) is 7.17. The Balaban J connectivity index is 1.61. The van der Waals surface area contributed by atoms with Crippen LogP contribution in [0.1, 0.15) is 47.9 Å². The van der Waals surface area contributed by atoms with E-state index in [2.05, 4.69) is 17.3 Å². The van der Waals surface area contributed by atoms with Crippen LogP contribution in [0, 0.1) is 5.82 Å². The van der Waals surface area contributed by atoms with E-state index in [-0.39, 0.29) is 11.7 Å². The number of ether oxygens (including phenoxy) is 1. The number of carbonyl (C=O) groups excluding carboxylic acids is 1. The topological polar surface area (TPSA) is 56.1 Å². The van der Waals surface area contributed by atoms with E-state index in [4.69, 9.17) is 4.74 Å². The molecular formula is C23H24FN3O2. The lowest BCUT2D eigenvalue weighted by Crippen LogP contribution is -2.16. The van der Waals surface area contributed by atoms with E-state index in [0.29, 0.717) is 23.7 Å². The van der Waals surface area contributed by atoms with Gasteiger partial charge in [-0.05, 0) is 62.1 Å². The molecule has 0 unspecified atom stereocenters. The third kappa shape index (κ3) is 4.01. The molecule has 1 heterocycles. The summed E-state index contributed by atoms with van der Waals surface area (Å²) in [5.41, 5.74) is 3.80. The Labute approximate surface area is 169 Å². The zero-order valence-electron chi connectivity index (χ0n) is 16.5. The molecule has 0 bridgehead atoms. The van der Waals surface area contributed by atoms with Crippen LogP contribution in [0.25, 0.3) is 5.69 Å². The summed E-state index contributed by atoms with van der Waals surface area (Å²) in [4.78, 5) is 13.1. The van der Waals surface area contributed by atoms with Crippen LogP contribution in [0.2, 0.25) is 0 Å². The fourth-order valence-electron chi connectivity index (χ4n) is 3.62. The number of hydrogen-bond donors (Lipinski definition) is 1. The van der Waals surface area contributed by atoms with Gasteiger partial charge in [-0.1, -0.05) is 25.5 Å². The van der Waals surface area contributed by atoms with E-state index < -0.39 is 0 Å². The summed E-state index contributed by atoms with van der Waals surface area (Å²) in [5, 5.41) is 7.53. The number of nitrogens with one attached hydrogen (secondary N) is 1. The first-order chi connectivity index (χ1) is 14.2. The van der Waals surface area contributed by atoms with Crippen molar-refractivity contribution in [3.8, 4) is 11.4 Å². The zero-order valence-corrected chi connectivity index (χ0v) is 16.5. The molecule has 0 fully saturated rings. The van der Waals surface area contributed by atoms with Crippen molar-refractivity contribution in [1.82, 2.24) is 9.78 Å². The maximum absolute atomic E-state index is 13.3. The minimum absolute atomic E-state index is 0.254. The van der Waals surface area contributed by atoms with Gasteiger partial charge in [0.1, 0.15) is 11.6 Å². The first-order valence-electron chi connectivity index (χ1n) is 10.1. The average molecular weight is 393 g/mol. The SMILES string of the molecule is CCCCOc1ccccc1NC(=O)c1nn(-c2ccc(F)cc2)c2c1CCC2. The lowest BCUT2D eigenvalue weighted by atomic mass is 10.2. The van der Waals surface area contributed by atoms with E-state index in [9.17, 15) is 9.18 Å². The second-order valence-corrected chi connectivity index (χ2v) is 7.17. The molecule has 1 N–H and O–H groups in total. The average Bonchev–Trinajstić information content (AvgIpc) is 3.33. The lowest BCUT2D eigenvalue weighted by Gasteiger charge is -2.12. The molecule has 0 saturated carbocycles. The molecule has 150 valence electrons. The maximum atomic E-state index is 13.3. The van der Waals surface area contributed by atoms with Crippen molar-refractivity contribution in [3.63, 3.8) is 0 Å². The van der Waals surface area contributed by atoms with Gasteiger partial charge in [0.25, 0.3) is 5.91 Å². The van der Waals surface area contributed by atoms with E-state index >= 15 is 0 Å². The third-order valence-electron chi connectivity index (χ3n) is 5.11. The summed E-state index contributed by atoms with van der Waals surface area (Å²) in [6.07, 6.45) is 4.64. The maximum Gasteiger partial charge on any atom is 0.276 e. The highest BCUT2D eigenvalue weighted by Crippen LogP contribution is 2.30. The van der Waals surface area contributed by atoms with Crippen molar-refractivity contribution in [3.05, 3.63) is 71.3 Å². The molecule has 4 rings (SSSR count). The number of para-hydroxylation sites is 2. The number of rotatable bonds is 7. The monoisotopic (exact) mass is 393 g/mol. The van der Waals surface area contributed by atoms with Crippen LogP contribution < -0.4 is 10.1 Å². The molecule has 0 aliphatic heterocycles. The number of carbonyl (C=O) groups is 1. The van der Waals surface area contributed by atoms with Crippen LogP contribution in [0.15, 0.2) is 48.5 Å². The molecule has 3 aromatic rings. The van der Waals surface area contributed by atoms with Gasteiger partial charge in [-0.25, -0.2) is 9.07 Å². The Morgan fingerprint density at radius 2 is 1.97 bits per heavy atom. The fourth-order valence-corrected chi connectivity index (χ4v) is 3.62. The molecule has 0 spiro atoms. The van der Waals surface area contributed by atoms with Crippen LogP contribution >= 0.6 is 0 Å². The number of unbranched alkanes of at least 4 members (excludes halogenated alkanes) is 1. The molecule has 0 radical (unpaired) electrons. The molecule has 5 nitrogen and oxygen atoms in total. The normalized spacial score (nSPS) is 12.6. The van der Waals surface area contributed by atoms with E-state index in [0.717, 1.165) is 49.0 Å². The number of aromatic nitrogens is 2. The number of anilines is 1. The highest BCUT2D eigenvalue weighted by atomic mass is 19.1. The van der Waals surface area contributed by atoms with E-state index in [1.165, 1.54) is 12.1 Å². The van der Waals surface area contributed by atoms with Gasteiger partial charge < -0.3 is 10.1 Å². The quantitative estimate of drug-likeness (QED) is 0.579. The Morgan fingerprint density at radius 1 is 1.17 bits per heavy atom. The smallest absolute Gasteiger partial charge is 0.276 e. The molecule has 1 amide bonds. The minimum atomic E-state index is -0.296. The summed E-state index contributed by atoms with van der Waals surface area (Å²) in [6, 6.07) is 13.6. The predicted molar refractivity (Wildman–Crippen MR) is 110 cm³/mol. The summed E-state index contributed by atoms with van der Waals surface area (Å²) in [7, 11) is 0. The van der Waals surface area contributed by atoms with Gasteiger partial charge in [0.2, 0.25) is 0 Å². The number of amides is 1. The third-order valence-corrected chi connectivity index (χ3v) is 5.11. The number of fused-ring (bicyclic) bond motifs is 1. The zero-order chi connectivity index (χ0) is 20.2. The van der Waals surface area contributed by atoms with Gasteiger partial charge in [0.15, 0.2) is 5.69 Å². The fraction of sp³-hybridized carbons (Fsp3) is 0.304. The highest BCUT2D eigenvalue weighted by Gasteiger charge is 2.27. The highest BCUT2D eigenvalue weighted by molar-refractivity contribution is 6.05. The van der Waals surface area contributed by atoms with Crippen molar-refractivity contribution in [1.29, 1.82) is 0 Å². The van der Waals surface area contributed by atoms with Crippen LogP contribution in [-0.2, 0) is 12.8 Å². The molecule has 1 aliphatic carbocycles. The molecule has 1 aromatic heterocycles. The van der Waals surface area contributed by atoms with Gasteiger partial charge >= 0.3 is 0 Å². The number of benzene rings is 2. The van der Waals surface area contributed by atoms with Crippen LogP contribution in [0.5, 0.6) is 5.75 Å². The first-order valence-corrected chi connectivity index (χ1v) is 10.1. The van der Waals surface area contributed by atoms with Crippen LogP contribution in [-0.4, -0.2) is 22.3 Å². The Kier molecular flexibility index (Phi) is 5.60. The summed E-state index contributed by atoms with van der Waals surface area (Å²) >= 11 is 0. The van der Waals surface area contributed by atoms with E-state index in [1.807, 2.05) is 24.3 Å². The minimum Gasteiger partial charge on any atom is -0.491 e. The Bertz CT molecular complexity index is 1010. The number of hydrogen-bond acceptors (Lipinski definition) is 3. The van der Waals surface area contributed by atoms with Crippen molar-refractivity contribution in [2.45, 2.75) is 39.0 Å². The van der Waals surface area contributed by atoms with Gasteiger partial charge in [-0.3, -0.25) is 4.79 Å². The van der Waals surface area contributed by atoms with E-state index in [1.54, 1.807) is 16.8 Å². The molecule has 6 heteroatoms. The molecule has 0 atom stereocenters. The molecule has 29 heavy (non-hydrogen) atoms. The van der Waals surface area contributed by atoms with Gasteiger partial charge in [-0.15, -0.1) is 0 Å². The molecule has 2 aromatic carbocycles. The Hall–Kier alpha value is -3.15. The standard InChI is InChI=1S/C23H24FN3O2/c1-2-3-15-29-21-10-5-4-8-19(21)25-23(28)22-18-7-6-9-20(18)27(26-22)17-13-11-16(24)12-14-17/h4-5,8,10-14H,2-3,6-7,9,15H2,1H3,(H,25,28). The molecule has 0 saturated heterocycles. The largest absolute Gasteiger partial charge is 0.491 e. The van der Waals surface area contributed by atoms with Crippen molar-refractivity contribution >= 4 is 11.6 Å². The van der Waals surface area contributed by atoms with Crippen molar-refractivity contribution < 1.29 is 13.9 Å². The van der Waals surface area contributed by atoms with Crippen LogP contribution in [0.4, 0.5) is 10.1 Å². The number of nitrogens with zero attached hydrogens (tertiary/aromatic N) is 2. The summed E-state index contributed by atoms with van der Waals surface area (Å²) in [5.74, 6) is 0.106. The summed E-state index contributed by atoms with van der Waals surface area (Å²) in [6.45, 7) is 2.72. The van der Waals surface area contributed by atoms with Crippen molar-refractivity contribution in [2.24, 2.45) is 0 Å². The predicted octanol–water partition coefficient (Wildman–Crippen LogP) is 4.93. The second kappa shape index (κ2) is 8.47. The lowest BCUT2D eigenvalue weighted by molar-refractivity contribution is 0.102. The van der Waals surface area contributed by atoms with Crippen molar-refractivity contribution in [2.75, 3.05) is 11.9 Å². The molecular weight excluding hydrogens is 369 g/mol. The summed E-state index contributed by atoms with van der Waals surface area (Å²) < 4.78 is 20.9. The van der Waals surface area contributed by atoms with Gasteiger partial charge in [0, 0.05) is 11.3 Å². The molecule has 1 aliphatic rings. The van der Waals surface area contributed by atoms with Crippen LogP contribution in [0.3, 0.4) is 0 Å². The first kappa shape index (κ1) is 19.2. The Morgan fingerprint density at radius 3 is 2.76 bits per heavy atom. The van der Waals surface area contributed by atoms with Gasteiger partial charge in [-0.2, -0.15) is 5.10 Å². The number of halogens is 1. The van der Waals surface area contributed by atoms with Gasteiger partial charge in [0.05, 0.1) is 18.0 Å².